The van der Waals surface area contributed by atoms with Crippen molar-refractivity contribution in [3.63, 3.8) is 0 Å². The summed E-state index contributed by atoms with van der Waals surface area (Å²) < 4.78 is 5.16. The number of rotatable bonds is 2. The molecule has 0 amide bonds. The second kappa shape index (κ2) is 4.71. The van der Waals surface area contributed by atoms with Crippen LogP contribution in [0.5, 0.6) is 5.75 Å². The SMILES string of the molecule is NCC(=O)Oc1ccc2ccc3ccccc3c2c1. The molecule has 3 aromatic carbocycles. The first kappa shape index (κ1) is 11.7. The molecular weight excluding hydrogens is 238 g/mol. The molecule has 0 atom stereocenters. The van der Waals surface area contributed by atoms with Crippen molar-refractivity contribution in [3.8, 4) is 5.75 Å². The van der Waals surface area contributed by atoms with Crippen molar-refractivity contribution in [1.29, 1.82) is 0 Å². The standard InChI is InChI=1S/C16H13NO2/c17-10-16(18)19-13-8-7-12-6-5-11-3-1-2-4-14(11)15(12)9-13/h1-9H,10,17H2. The molecule has 0 unspecified atom stereocenters. The third kappa shape index (κ3) is 2.16. The lowest BCUT2D eigenvalue weighted by Crippen LogP contribution is -2.19. The van der Waals surface area contributed by atoms with E-state index in [2.05, 4.69) is 24.3 Å². The Balaban J connectivity index is 2.19. The highest BCUT2D eigenvalue weighted by Crippen LogP contribution is 2.28. The minimum Gasteiger partial charge on any atom is -0.426 e. The van der Waals surface area contributed by atoms with Gasteiger partial charge in [0, 0.05) is 0 Å². The summed E-state index contributed by atoms with van der Waals surface area (Å²) in [5, 5.41) is 4.50. The summed E-state index contributed by atoms with van der Waals surface area (Å²) in [7, 11) is 0. The molecule has 0 saturated carbocycles. The molecule has 0 aliphatic rings. The number of benzene rings is 3. The normalized spacial score (nSPS) is 10.8. The highest BCUT2D eigenvalue weighted by atomic mass is 16.5. The van der Waals surface area contributed by atoms with Crippen molar-refractivity contribution in [2.75, 3.05) is 6.54 Å². The molecule has 0 saturated heterocycles. The molecule has 0 spiro atoms. The van der Waals surface area contributed by atoms with Gasteiger partial charge in [0.15, 0.2) is 0 Å². The van der Waals surface area contributed by atoms with Crippen LogP contribution in [-0.2, 0) is 4.79 Å². The molecule has 3 heteroatoms. The van der Waals surface area contributed by atoms with Gasteiger partial charge in [-0.05, 0) is 33.7 Å². The fourth-order valence-electron chi connectivity index (χ4n) is 2.22. The van der Waals surface area contributed by atoms with Gasteiger partial charge in [-0.25, -0.2) is 0 Å². The summed E-state index contributed by atoms with van der Waals surface area (Å²) in [6.45, 7) is -0.117. The van der Waals surface area contributed by atoms with Gasteiger partial charge in [0.25, 0.3) is 0 Å². The number of fused-ring (bicyclic) bond motifs is 3. The van der Waals surface area contributed by atoms with Gasteiger partial charge in [-0.1, -0.05) is 42.5 Å². The van der Waals surface area contributed by atoms with Gasteiger partial charge in [-0.3, -0.25) is 4.79 Å². The van der Waals surface area contributed by atoms with Crippen LogP contribution in [0.3, 0.4) is 0 Å². The Kier molecular flexibility index (Phi) is 2.89. The Morgan fingerprint density at radius 3 is 2.42 bits per heavy atom. The number of ether oxygens (including phenoxy) is 1. The molecule has 3 rings (SSSR count). The monoisotopic (exact) mass is 251 g/mol. The zero-order chi connectivity index (χ0) is 13.2. The molecule has 0 heterocycles. The van der Waals surface area contributed by atoms with Crippen molar-refractivity contribution < 1.29 is 9.53 Å². The minimum atomic E-state index is -0.431. The van der Waals surface area contributed by atoms with E-state index in [0.717, 1.165) is 21.5 Å². The van der Waals surface area contributed by atoms with Gasteiger partial charge in [0.1, 0.15) is 5.75 Å². The van der Waals surface area contributed by atoms with E-state index in [1.807, 2.05) is 24.3 Å². The van der Waals surface area contributed by atoms with Crippen LogP contribution in [0.15, 0.2) is 54.6 Å². The predicted molar refractivity (Wildman–Crippen MR) is 76.1 cm³/mol. The van der Waals surface area contributed by atoms with Gasteiger partial charge in [-0.15, -0.1) is 0 Å². The summed E-state index contributed by atoms with van der Waals surface area (Å²) >= 11 is 0. The zero-order valence-corrected chi connectivity index (χ0v) is 10.3. The number of esters is 1. The average molecular weight is 251 g/mol. The van der Waals surface area contributed by atoms with E-state index in [-0.39, 0.29) is 6.54 Å². The maximum Gasteiger partial charge on any atom is 0.325 e. The number of carbonyl (C=O) groups excluding carboxylic acids is 1. The number of nitrogens with two attached hydrogens (primary N) is 1. The van der Waals surface area contributed by atoms with Crippen molar-refractivity contribution >= 4 is 27.5 Å². The van der Waals surface area contributed by atoms with Crippen molar-refractivity contribution in [2.45, 2.75) is 0 Å². The van der Waals surface area contributed by atoms with Crippen LogP contribution in [0, 0.1) is 0 Å². The second-order valence-corrected chi connectivity index (χ2v) is 4.35. The first-order valence-corrected chi connectivity index (χ1v) is 6.10. The van der Waals surface area contributed by atoms with Crippen LogP contribution in [-0.4, -0.2) is 12.5 Å². The largest absolute Gasteiger partial charge is 0.426 e. The summed E-state index contributed by atoms with van der Waals surface area (Å²) in [6, 6.07) is 17.9. The predicted octanol–water partition coefficient (Wildman–Crippen LogP) is 2.86. The molecule has 3 aromatic rings. The molecule has 0 fully saturated rings. The Labute approximate surface area is 110 Å². The first-order chi connectivity index (χ1) is 9.28. The average Bonchev–Trinajstić information content (AvgIpc) is 2.47. The molecule has 94 valence electrons. The Morgan fingerprint density at radius 1 is 0.947 bits per heavy atom. The summed E-state index contributed by atoms with van der Waals surface area (Å²) in [5.74, 6) is 0.0962. The Morgan fingerprint density at radius 2 is 1.63 bits per heavy atom. The molecule has 0 radical (unpaired) electrons. The van der Waals surface area contributed by atoms with Crippen LogP contribution in [0.1, 0.15) is 0 Å². The van der Waals surface area contributed by atoms with E-state index >= 15 is 0 Å². The van der Waals surface area contributed by atoms with Gasteiger partial charge in [0.05, 0.1) is 6.54 Å². The van der Waals surface area contributed by atoms with Crippen LogP contribution >= 0.6 is 0 Å². The second-order valence-electron chi connectivity index (χ2n) is 4.35. The first-order valence-electron chi connectivity index (χ1n) is 6.10. The third-order valence-electron chi connectivity index (χ3n) is 3.12. The van der Waals surface area contributed by atoms with Crippen LogP contribution < -0.4 is 10.5 Å². The van der Waals surface area contributed by atoms with E-state index in [1.165, 1.54) is 0 Å². The highest BCUT2D eigenvalue weighted by Gasteiger charge is 2.05. The van der Waals surface area contributed by atoms with Crippen LogP contribution in [0.25, 0.3) is 21.5 Å². The highest BCUT2D eigenvalue weighted by molar-refractivity contribution is 6.07. The molecule has 2 N–H and O–H groups in total. The zero-order valence-electron chi connectivity index (χ0n) is 10.3. The smallest absolute Gasteiger partial charge is 0.325 e. The molecule has 0 aliphatic carbocycles. The van der Waals surface area contributed by atoms with Gasteiger partial charge >= 0.3 is 5.97 Å². The molecular formula is C16H13NO2. The van der Waals surface area contributed by atoms with E-state index in [1.54, 1.807) is 6.07 Å². The van der Waals surface area contributed by atoms with Crippen molar-refractivity contribution in [2.24, 2.45) is 5.73 Å². The molecule has 0 aliphatic heterocycles. The van der Waals surface area contributed by atoms with Crippen LogP contribution in [0.4, 0.5) is 0 Å². The van der Waals surface area contributed by atoms with Crippen molar-refractivity contribution in [1.82, 2.24) is 0 Å². The van der Waals surface area contributed by atoms with Gasteiger partial charge in [-0.2, -0.15) is 0 Å². The van der Waals surface area contributed by atoms with E-state index in [4.69, 9.17) is 10.5 Å². The van der Waals surface area contributed by atoms with E-state index < -0.39 is 5.97 Å². The fraction of sp³-hybridized carbons (Fsp3) is 0.0625. The summed E-state index contributed by atoms with van der Waals surface area (Å²) in [5.41, 5.74) is 5.25. The lowest BCUT2D eigenvalue weighted by molar-refractivity contribution is -0.132. The summed E-state index contributed by atoms with van der Waals surface area (Å²) in [4.78, 5) is 11.2. The Hall–Kier alpha value is -2.39. The lowest BCUT2D eigenvalue weighted by atomic mass is 10.0. The number of carbonyl (C=O) groups is 1. The maximum absolute atomic E-state index is 11.2. The topological polar surface area (TPSA) is 52.3 Å². The molecule has 19 heavy (non-hydrogen) atoms. The third-order valence-corrected chi connectivity index (χ3v) is 3.12. The minimum absolute atomic E-state index is 0.117. The quantitative estimate of drug-likeness (QED) is 0.433. The van der Waals surface area contributed by atoms with Gasteiger partial charge in [0.2, 0.25) is 0 Å². The maximum atomic E-state index is 11.2. The molecule has 0 aromatic heterocycles. The van der Waals surface area contributed by atoms with Crippen molar-refractivity contribution in [3.05, 3.63) is 54.6 Å². The number of hydrogen-bond donors (Lipinski definition) is 1. The van der Waals surface area contributed by atoms with E-state index in [0.29, 0.717) is 5.75 Å². The molecule has 0 bridgehead atoms. The van der Waals surface area contributed by atoms with E-state index in [9.17, 15) is 4.79 Å². The Bertz CT molecular complexity index is 765. The van der Waals surface area contributed by atoms with Crippen LogP contribution in [0.2, 0.25) is 0 Å². The fourth-order valence-corrected chi connectivity index (χ4v) is 2.22. The van der Waals surface area contributed by atoms with Gasteiger partial charge < -0.3 is 10.5 Å². The molecule has 3 nitrogen and oxygen atoms in total. The lowest BCUT2D eigenvalue weighted by Gasteiger charge is -2.07. The summed E-state index contributed by atoms with van der Waals surface area (Å²) in [6.07, 6.45) is 0. The number of hydrogen-bond acceptors (Lipinski definition) is 3.